The zero-order chi connectivity index (χ0) is 15.5. The quantitative estimate of drug-likeness (QED) is 0.722. The van der Waals surface area contributed by atoms with Crippen molar-refractivity contribution in [2.45, 2.75) is 17.8 Å². The van der Waals surface area contributed by atoms with Gasteiger partial charge >= 0.3 is 5.16 Å². The summed E-state index contributed by atoms with van der Waals surface area (Å²) in [7, 11) is 0. The topological polar surface area (TPSA) is 93.7 Å². The van der Waals surface area contributed by atoms with Gasteiger partial charge in [0.2, 0.25) is 5.91 Å². The minimum atomic E-state index is -1.27. The van der Waals surface area contributed by atoms with E-state index in [1.807, 2.05) is 12.1 Å². The van der Waals surface area contributed by atoms with Crippen molar-refractivity contribution in [2.24, 2.45) is 0 Å². The normalized spacial score (nSPS) is 12.3. The summed E-state index contributed by atoms with van der Waals surface area (Å²) >= 11 is -1.27. The number of aromatic nitrogens is 3. The van der Waals surface area contributed by atoms with Gasteiger partial charge in [0.1, 0.15) is 11.3 Å². The number of rotatable bonds is 4. The average molecular weight is 314 g/mol. The van der Waals surface area contributed by atoms with Crippen LogP contribution in [0.5, 0.6) is 0 Å². The maximum atomic E-state index is 12.4. The largest absolute Gasteiger partial charge is 0.609 e. The van der Waals surface area contributed by atoms with Gasteiger partial charge in [-0.15, -0.1) is 0 Å². The van der Waals surface area contributed by atoms with Gasteiger partial charge in [0, 0.05) is 35.5 Å². The summed E-state index contributed by atoms with van der Waals surface area (Å²) in [6.45, 7) is 1.46. The maximum absolute atomic E-state index is 12.4. The van der Waals surface area contributed by atoms with Crippen LogP contribution in [0.3, 0.4) is 0 Å². The smallest absolute Gasteiger partial charge is 0.322 e. The number of fused-ring (bicyclic) bond motifs is 1. The number of nitrogens with one attached hydrogen (secondary N) is 2. The van der Waals surface area contributed by atoms with Crippen molar-refractivity contribution in [2.75, 3.05) is 5.32 Å². The summed E-state index contributed by atoms with van der Waals surface area (Å²) in [5.41, 5.74) is 3.15. The SMILES string of the molecule is CC(=O)Nc1ccc(C[S+]([O-])c2nc3cnccc3[nH]2)cc1. The van der Waals surface area contributed by atoms with Crippen molar-refractivity contribution in [3.63, 3.8) is 0 Å². The third kappa shape index (κ3) is 3.26. The number of hydrogen-bond acceptors (Lipinski definition) is 4. The van der Waals surface area contributed by atoms with Gasteiger partial charge in [-0.1, -0.05) is 12.1 Å². The molecule has 3 aromatic rings. The molecule has 22 heavy (non-hydrogen) atoms. The van der Waals surface area contributed by atoms with Crippen molar-refractivity contribution in [1.29, 1.82) is 0 Å². The standard InChI is InChI=1S/C15H14N4O2S/c1-10(20)17-12-4-2-11(3-5-12)9-22(21)15-18-13-6-7-16-8-14(13)19-15/h2-8H,9H2,1H3,(H,17,20)(H,18,19). The van der Waals surface area contributed by atoms with Crippen LogP contribution in [-0.2, 0) is 21.7 Å². The Morgan fingerprint density at radius 2 is 2.09 bits per heavy atom. The molecule has 2 N–H and O–H groups in total. The predicted molar refractivity (Wildman–Crippen MR) is 84.7 cm³/mol. The monoisotopic (exact) mass is 314 g/mol. The molecule has 1 aromatic carbocycles. The predicted octanol–water partition coefficient (Wildman–Crippen LogP) is 2.22. The first-order valence-corrected chi connectivity index (χ1v) is 7.98. The molecule has 0 saturated heterocycles. The molecule has 0 fully saturated rings. The first kappa shape index (κ1) is 14.6. The number of benzene rings is 1. The van der Waals surface area contributed by atoms with E-state index in [4.69, 9.17) is 0 Å². The highest BCUT2D eigenvalue weighted by atomic mass is 32.2. The molecule has 0 saturated carbocycles. The van der Waals surface area contributed by atoms with E-state index in [1.54, 1.807) is 30.6 Å². The fourth-order valence-electron chi connectivity index (χ4n) is 2.05. The molecule has 0 aliphatic rings. The molecule has 1 amide bonds. The average Bonchev–Trinajstić information content (AvgIpc) is 2.93. The summed E-state index contributed by atoms with van der Waals surface area (Å²) in [6, 6.07) is 9.05. The fraction of sp³-hybridized carbons (Fsp3) is 0.133. The Bertz CT molecular complexity index is 768. The Morgan fingerprint density at radius 3 is 2.77 bits per heavy atom. The van der Waals surface area contributed by atoms with E-state index < -0.39 is 11.2 Å². The molecule has 7 heteroatoms. The molecule has 0 aliphatic heterocycles. The van der Waals surface area contributed by atoms with E-state index in [2.05, 4.69) is 20.3 Å². The molecule has 3 rings (SSSR count). The summed E-state index contributed by atoms with van der Waals surface area (Å²) < 4.78 is 12.4. The lowest BCUT2D eigenvalue weighted by molar-refractivity contribution is -0.114. The van der Waals surface area contributed by atoms with Gasteiger partial charge in [0.15, 0.2) is 0 Å². The first-order chi connectivity index (χ1) is 10.6. The third-order valence-electron chi connectivity index (χ3n) is 3.05. The van der Waals surface area contributed by atoms with Crippen molar-refractivity contribution in [1.82, 2.24) is 15.0 Å². The lowest BCUT2D eigenvalue weighted by Crippen LogP contribution is -2.08. The second-order valence-electron chi connectivity index (χ2n) is 4.80. The summed E-state index contributed by atoms with van der Waals surface area (Å²) in [5.74, 6) is 0.236. The molecule has 1 unspecified atom stereocenters. The van der Waals surface area contributed by atoms with Crippen LogP contribution in [0.1, 0.15) is 12.5 Å². The van der Waals surface area contributed by atoms with Crippen LogP contribution < -0.4 is 5.32 Å². The number of pyridine rings is 1. The van der Waals surface area contributed by atoms with Crippen molar-refractivity contribution < 1.29 is 9.35 Å². The summed E-state index contributed by atoms with van der Waals surface area (Å²) in [5, 5.41) is 3.13. The molecular weight excluding hydrogens is 300 g/mol. The van der Waals surface area contributed by atoms with E-state index >= 15 is 0 Å². The minimum Gasteiger partial charge on any atom is -0.609 e. The second-order valence-corrected chi connectivity index (χ2v) is 6.17. The van der Waals surface area contributed by atoms with Crippen LogP contribution in [0.25, 0.3) is 11.0 Å². The molecule has 2 heterocycles. The van der Waals surface area contributed by atoms with Crippen LogP contribution in [0.2, 0.25) is 0 Å². The number of aromatic amines is 1. The number of hydrogen-bond donors (Lipinski definition) is 2. The van der Waals surface area contributed by atoms with Crippen LogP contribution in [0, 0.1) is 0 Å². The first-order valence-electron chi connectivity index (χ1n) is 6.66. The zero-order valence-corrected chi connectivity index (χ0v) is 12.7. The molecule has 2 aromatic heterocycles. The molecule has 112 valence electrons. The van der Waals surface area contributed by atoms with Gasteiger partial charge in [-0.3, -0.25) is 14.8 Å². The van der Waals surface area contributed by atoms with Gasteiger partial charge in [-0.25, -0.2) is 0 Å². The highest BCUT2D eigenvalue weighted by molar-refractivity contribution is 7.90. The number of amides is 1. The van der Waals surface area contributed by atoms with Crippen molar-refractivity contribution in [3.8, 4) is 0 Å². The Kier molecular flexibility index (Phi) is 4.08. The molecule has 0 aliphatic carbocycles. The number of anilines is 1. The lowest BCUT2D eigenvalue weighted by Gasteiger charge is -2.08. The Labute approximate surface area is 130 Å². The van der Waals surface area contributed by atoms with E-state index in [1.165, 1.54) is 6.92 Å². The summed E-state index contributed by atoms with van der Waals surface area (Å²) in [4.78, 5) is 22.3. The molecule has 0 spiro atoms. The zero-order valence-electron chi connectivity index (χ0n) is 11.9. The van der Waals surface area contributed by atoms with Gasteiger partial charge in [0.05, 0.1) is 11.7 Å². The van der Waals surface area contributed by atoms with Crippen LogP contribution in [0.15, 0.2) is 47.9 Å². The van der Waals surface area contributed by atoms with Crippen molar-refractivity contribution >= 4 is 33.8 Å². The third-order valence-corrected chi connectivity index (χ3v) is 4.27. The van der Waals surface area contributed by atoms with E-state index in [0.29, 0.717) is 16.4 Å². The molecule has 6 nitrogen and oxygen atoms in total. The number of imidazole rings is 1. The molecular formula is C15H14N4O2S. The van der Waals surface area contributed by atoms with Gasteiger partial charge in [-0.05, 0) is 18.2 Å². The molecule has 1 atom stereocenters. The van der Waals surface area contributed by atoms with Crippen LogP contribution in [-0.4, -0.2) is 25.4 Å². The summed E-state index contributed by atoms with van der Waals surface area (Å²) in [6.07, 6.45) is 3.29. The fourth-order valence-corrected chi connectivity index (χ4v) is 3.10. The number of carbonyl (C=O) groups is 1. The Balaban J connectivity index is 1.73. The highest BCUT2D eigenvalue weighted by Gasteiger charge is 2.17. The van der Waals surface area contributed by atoms with E-state index in [0.717, 1.165) is 16.8 Å². The Hall–Kier alpha value is -2.38. The maximum Gasteiger partial charge on any atom is 0.322 e. The van der Waals surface area contributed by atoms with Crippen LogP contribution >= 0.6 is 0 Å². The molecule has 0 radical (unpaired) electrons. The van der Waals surface area contributed by atoms with E-state index in [-0.39, 0.29) is 5.91 Å². The number of H-pyrrole nitrogens is 1. The van der Waals surface area contributed by atoms with Gasteiger partial charge in [0.25, 0.3) is 0 Å². The van der Waals surface area contributed by atoms with Gasteiger partial charge < -0.3 is 9.87 Å². The van der Waals surface area contributed by atoms with Crippen LogP contribution in [0.4, 0.5) is 5.69 Å². The van der Waals surface area contributed by atoms with Gasteiger partial charge in [-0.2, -0.15) is 4.98 Å². The number of carbonyl (C=O) groups excluding carboxylic acids is 1. The van der Waals surface area contributed by atoms with Crippen molar-refractivity contribution in [3.05, 3.63) is 48.3 Å². The minimum absolute atomic E-state index is 0.118. The Morgan fingerprint density at radius 1 is 1.32 bits per heavy atom. The van der Waals surface area contributed by atoms with E-state index in [9.17, 15) is 9.35 Å². The molecule has 0 bridgehead atoms. The highest BCUT2D eigenvalue weighted by Crippen LogP contribution is 2.18. The second kappa shape index (κ2) is 6.17. The number of nitrogens with zero attached hydrogens (tertiary/aromatic N) is 2. The lowest BCUT2D eigenvalue weighted by atomic mass is 10.2.